The van der Waals surface area contributed by atoms with Crippen LogP contribution in [0.3, 0.4) is 0 Å². The first kappa shape index (κ1) is 15.8. The van der Waals surface area contributed by atoms with Crippen molar-refractivity contribution in [2.24, 2.45) is 0 Å². The van der Waals surface area contributed by atoms with E-state index in [2.05, 4.69) is 10.6 Å². The summed E-state index contributed by atoms with van der Waals surface area (Å²) in [5.41, 5.74) is 0.507. The van der Waals surface area contributed by atoms with Crippen molar-refractivity contribution in [3.05, 3.63) is 29.8 Å². The third kappa shape index (κ3) is 4.70. The number of amides is 1. The number of carbonyl (C=O) groups excluding carboxylic acids is 1. The third-order valence-electron chi connectivity index (χ3n) is 3.60. The minimum Gasteiger partial charge on any atom is -0.493 e. The van der Waals surface area contributed by atoms with Gasteiger partial charge in [0.05, 0.1) is 12.2 Å². The summed E-state index contributed by atoms with van der Waals surface area (Å²) in [4.78, 5) is 12.3. The summed E-state index contributed by atoms with van der Waals surface area (Å²) in [6.45, 7) is 2.42. The second-order valence-corrected chi connectivity index (χ2v) is 5.60. The van der Waals surface area contributed by atoms with Crippen LogP contribution in [-0.4, -0.2) is 23.7 Å². The Morgan fingerprint density at radius 1 is 1.29 bits per heavy atom. The zero-order valence-corrected chi connectivity index (χ0v) is 13.2. The van der Waals surface area contributed by atoms with Crippen LogP contribution in [0, 0.1) is 0 Å². The maximum atomic E-state index is 12.3. The molecule has 1 fully saturated rings. The van der Waals surface area contributed by atoms with Crippen LogP contribution in [0.4, 0.5) is 0 Å². The van der Waals surface area contributed by atoms with E-state index in [-0.39, 0.29) is 5.91 Å². The topological polar surface area (TPSA) is 50.4 Å². The Morgan fingerprint density at radius 3 is 2.71 bits per heavy atom. The van der Waals surface area contributed by atoms with Crippen LogP contribution in [-0.2, 0) is 0 Å². The van der Waals surface area contributed by atoms with Crippen LogP contribution < -0.4 is 15.4 Å². The average Bonchev–Trinajstić information content (AvgIpc) is 2.49. The minimum absolute atomic E-state index is 0.229. The number of hydrogen-bond acceptors (Lipinski definition) is 3. The number of carbonyl (C=O) groups is 1. The van der Waals surface area contributed by atoms with E-state index in [9.17, 15) is 4.79 Å². The van der Waals surface area contributed by atoms with E-state index in [0.29, 0.717) is 29.1 Å². The summed E-state index contributed by atoms with van der Waals surface area (Å²) < 4.78 is 5.47. The van der Waals surface area contributed by atoms with Crippen LogP contribution in [0.2, 0.25) is 0 Å². The van der Waals surface area contributed by atoms with E-state index in [1.54, 1.807) is 12.1 Å². The lowest BCUT2D eigenvalue weighted by Crippen LogP contribution is -2.45. The second kappa shape index (κ2) is 7.98. The van der Waals surface area contributed by atoms with E-state index in [1.807, 2.05) is 19.1 Å². The summed E-state index contributed by atoms with van der Waals surface area (Å²) in [6.07, 6.45) is 5.97. The zero-order chi connectivity index (χ0) is 15.1. The standard InChI is InChI=1S/C16H22N2O2S/c1-2-20-14-11-7-6-10-13(14)15(19)18-16(21)17-12-8-4-3-5-9-12/h6-7,10-12H,2-5,8-9H2,1H3,(H2,17,18,19,21). The monoisotopic (exact) mass is 306 g/mol. The maximum absolute atomic E-state index is 12.3. The molecule has 1 saturated carbocycles. The van der Waals surface area contributed by atoms with Crippen molar-refractivity contribution in [2.45, 2.75) is 45.1 Å². The molecule has 0 bridgehead atoms. The molecule has 0 atom stereocenters. The van der Waals surface area contributed by atoms with E-state index >= 15 is 0 Å². The minimum atomic E-state index is -0.229. The molecule has 1 aliphatic carbocycles. The van der Waals surface area contributed by atoms with Crippen molar-refractivity contribution in [1.82, 2.24) is 10.6 Å². The van der Waals surface area contributed by atoms with Gasteiger partial charge in [-0.15, -0.1) is 0 Å². The molecule has 0 spiro atoms. The molecule has 0 heterocycles. The van der Waals surface area contributed by atoms with Crippen LogP contribution in [0.1, 0.15) is 49.4 Å². The number of rotatable bonds is 4. The van der Waals surface area contributed by atoms with Gasteiger partial charge in [-0.05, 0) is 44.1 Å². The molecule has 5 heteroatoms. The zero-order valence-electron chi connectivity index (χ0n) is 12.4. The number of thiocarbonyl (C=S) groups is 1. The molecule has 2 N–H and O–H groups in total. The lowest BCUT2D eigenvalue weighted by Gasteiger charge is -2.24. The lowest BCUT2D eigenvalue weighted by atomic mass is 9.96. The second-order valence-electron chi connectivity index (χ2n) is 5.19. The fourth-order valence-electron chi connectivity index (χ4n) is 2.57. The van der Waals surface area contributed by atoms with Gasteiger partial charge in [-0.2, -0.15) is 0 Å². The molecule has 0 aliphatic heterocycles. The van der Waals surface area contributed by atoms with Crippen molar-refractivity contribution in [2.75, 3.05) is 6.61 Å². The van der Waals surface area contributed by atoms with Crippen LogP contribution in [0.25, 0.3) is 0 Å². The Hall–Kier alpha value is -1.62. The highest BCUT2D eigenvalue weighted by Crippen LogP contribution is 2.18. The predicted molar refractivity (Wildman–Crippen MR) is 87.7 cm³/mol. The molecule has 0 unspecified atom stereocenters. The molecule has 0 aromatic heterocycles. The number of ether oxygens (including phenoxy) is 1. The van der Waals surface area contributed by atoms with E-state index in [4.69, 9.17) is 17.0 Å². The van der Waals surface area contributed by atoms with E-state index in [0.717, 1.165) is 12.8 Å². The molecular formula is C16H22N2O2S. The van der Waals surface area contributed by atoms with E-state index in [1.165, 1.54) is 19.3 Å². The van der Waals surface area contributed by atoms with Crippen molar-refractivity contribution < 1.29 is 9.53 Å². The first-order valence-electron chi connectivity index (χ1n) is 7.54. The quantitative estimate of drug-likeness (QED) is 0.840. The van der Waals surface area contributed by atoms with Gasteiger partial charge in [0, 0.05) is 6.04 Å². The number of benzene rings is 1. The van der Waals surface area contributed by atoms with Gasteiger partial charge < -0.3 is 10.1 Å². The number of nitrogens with one attached hydrogen (secondary N) is 2. The Balaban J connectivity index is 1.92. The summed E-state index contributed by atoms with van der Waals surface area (Å²) in [5, 5.41) is 6.37. The summed E-state index contributed by atoms with van der Waals surface area (Å²) >= 11 is 5.24. The van der Waals surface area contributed by atoms with Crippen molar-refractivity contribution in [1.29, 1.82) is 0 Å². The summed E-state index contributed by atoms with van der Waals surface area (Å²) in [6, 6.07) is 7.57. The van der Waals surface area contributed by atoms with Crippen LogP contribution >= 0.6 is 12.2 Å². The molecule has 1 amide bonds. The largest absolute Gasteiger partial charge is 0.493 e. The van der Waals surface area contributed by atoms with Gasteiger partial charge in [-0.25, -0.2) is 0 Å². The van der Waals surface area contributed by atoms with E-state index < -0.39 is 0 Å². The maximum Gasteiger partial charge on any atom is 0.261 e. The molecule has 4 nitrogen and oxygen atoms in total. The SMILES string of the molecule is CCOc1ccccc1C(=O)NC(=S)NC1CCCCC1. The first-order chi connectivity index (χ1) is 10.2. The van der Waals surface area contributed by atoms with Crippen molar-refractivity contribution >= 4 is 23.2 Å². The smallest absolute Gasteiger partial charge is 0.261 e. The third-order valence-corrected chi connectivity index (χ3v) is 3.82. The highest BCUT2D eigenvalue weighted by Gasteiger charge is 2.17. The molecule has 0 radical (unpaired) electrons. The Kier molecular flexibility index (Phi) is 5.99. The highest BCUT2D eigenvalue weighted by molar-refractivity contribution is 7.80. The Morgan fingerprint density at radius 2 is 2.00 bits per heavy atom. The molecule has 1 aromatic carbocycles. The van der Waals surface area contributed by atoms with Gasteiger partial charge in [0.2, 0.25) is 0 Å². The van der Waals surface area contributed by atoms with Gasteiger partial charge in [0.15, 0.2) is 5.11 Å². The van der Waals surface area contributed by atoms with Gasteiger partial charge in [-0.3, -0.25) is 10.1 Å². The molecule has 2 rings (SSSR count). The highest BCUT2D eigenvalue weighted by atomic mass is 32.1. The van der Waals surface area contributed by atoms with Gasteiger partial charge in [-0.1, -0.05) is 31.4 Å². The van der Waals surface area contributed by atoms with Gasteiger partial charge in [0.25, 0.3) is 5.91 Å². The molecule has 114 valence electrons. The van der Waals surface area contributed by atoms with Crippen molar-refractivity contribution in [3.8, 4) is 5.75 Å². The molecule has 1 aromatic rings. The summed E-state index contributed by atoms with van der Waals surface area (Å²) in [7, 11) is 0. The Labute approximate surface area is 131 Å². The van der Waals surface area contributed by atoms with Gasteiger partial charge >= 0.3 is 0 Å². The molecular weight excluding hydrogens is 284 g/mol. The summed E-state index contributed by atoms with van der Waals surface area (Å²) in [5.74, 6) is 0.352. The normalized spacial score (nSPS) is 15.3. The van der Waals surface area contributed by atoms with Crippen LogP contribution in [0.15, 0.2) is 24.3 Å². The predicted octanol–water partition coefficient (Wildman–Crippen LogP) is 3.02. The molecule has 0 saturated heterocycles. The van der Waals surface area contributed by atoms with Crippen molar-refractivity contribution in [3.63, 3.8) is 0 Å². The molecule has 21 heavy (non-hydrogen) atoms. The van der Waals surface area contributed by atoms with Crippen LogP contribution in [0.5, 0.6) is 5.75 Å². The molecule has 1 aliphatic rings. The first-order valence-corrected chi connectivity index (χ1v) is 7.95. The fourth-order valence-corrected chi connectivity index (χ4v) is 2.83. The Bertz CT molecular complexity index is 499. The lowest BCUT2D eigenvalue weighted by molar-refractivity contribution is 0.0972. The number of para-hydroxylation sites is 1. The average molecular weight is 306 g/mol. The number of hydrogen-bond donors (Lipinski definition) is 2. The fraction of sp³-hybridized carbons (Fsp3) is 0.500. The van der Waals surface area contributed by atoms with Gasteiger partial charge in [0.1, 0.15) is 5.75 Å².